The Hall–Kier alpha value is -1.10. The van der Waals surface area contributed by atoms with Crippen molar-refractivity contribution in [3.63, 3.8) is 0 Å². The van der Waals surface area contributed by atoms with Crippen LogP contribution in [0.5, 0.6) is 0 Å². The molecule has 0 bridgehead atoms. The highest BCUT2D eigenvalue weighted by Crippen LogP contribution is 2.16. The van der Waals surface area contributed by atoms with Gasteiger partial charge in [-0.2, -0.15) is 0 Å². The largest absolute Gasteiger partial charge is 0.462 e. The highest BCUT2D eigenvalue weighted by atomic mass is 16.6. The Morgan fingerprint density at radius 2 is 0.674 bits per heavy atom. The molecule has 1 atom stereocenters. The van der Waals surface area contributed by atoms with Crippen molar-refractivity contribution < 1.29 is 24.2 Å². The second-order valence-electron chi connectivity index (χ2n) is 14.1. The van der Waals surface area contributed by atoms with Crippen molar-refractivity contribution in [3.05, 3.63) is 0 Å². The zero-order valence-electron chi connectivity index (χ0n) is 31.1. The van der Waals surface area contributed by atoms with Crippen LogP contribution >= 0.6 is 0 Å². The highest BCUT2D eigenvalue weighted by molar-refractivity contribution is 5.70. The second-order valence-corrected chi connectivity index (χ2v) is 14.1. The quantitative estimate of drug-likeness (QED) is 0.0531. The molecule has 0 heterocycles. The normalized spacial score (nSPS) is 12.0. The molecule has 0 aliphatic heterocycles. The van der Waals surface area contributed by atoms with Gasteiger partial charge in [0.25, 0.3) is 0 Å². The number of unbranched alkanes of at least 4 members (excludes halogenated alkanes) is 30. The van der Waals surface area contributed by atoms with Gasteiger partial charge in [0.05, 0.1) is 6.61 Å². The van der Waals surface area contributed by atoms with Gasteiger partial charge in [-0.3, -0.25) is 9.59 Å². The zero-order chi connectivity index (χ0) is 33.6. The van der Waals surface area contributed by atoms with Crippen LogP contribution in [0.2, 0.25) is 0 Å². The van der Waals surface area contributed by atoms with Gasteiger partial charge in [0.1, 0.15) is 6.61 Å². The van der Waals surface area contributed by atoms with Crippen LogP contribution in [0.1, 0.15) is 232 Å². The van der Waals surface area contributed by atoms with Gasteiger partial charge in [0.2, 0.25) is 0 Å². The summed E-state index contributed by atoms with van der Waals surface area (Å²) in [6, 6.07) is 0. The first kappa shape index (κ1) is 44.9. The third-order valence-corrected chi connectivity index (χ3v) is 9.40. The first-order chi connectivity index (χ1) is 22.6. The summed E-state index contributed by atoms with van der Waals surface area (Å²) in [6.45, 7) is 4.17. The molecule has 0 aromatic heterocycles. The Kier molecular flexibility index (Phi) is 37.4. The molecule has 0 aliphatic rings. The van der Waals surface area contributed by atoms with Gasteiger partial charge in [-0.15, -0.1) is 0 Å². The van der Waals surface area contributed by atoms with Crippen LogP contribution in [0.4, 0.5) is 0 Å². The summed E-state index contributed by atoms with van der Waals surface area (Å²) in [5.74, 6) is -0.574. The Balaban J connectivity index is 3.47. The fourth-order valence-corrected chi connectivity index (χ4v) is 6.26. The second kappa shape index (κ2) is 38.3. The minimum atomic E-state index is -0.761. The summed E-state index contributed by atoms with van der Waals surface area (Å²) in [5, 5.41) is 9.55. The van der Waals surface area contributed by atoms with E-state index >= 15 is 0 Å². The van der Waals surface area contributed by atoms with Crippen molar-refractivity contribution in [1.82, 2.24) is 0 Å². The maximum Gasteiger partial charge on any atom is 0.306 e. The molecule has 0 spiro atoms. The van der Waals surface area contributed by atoms with E-state index in [2.05, 4.69) is 13.8 Å². The van der Waals surface area contributed by atoms with Crippen LogP contribution in [0.15, 0.2) is 0 Å². The molecule has 0 aromatic rings. The predicted octanol–water partition coefficient (Wildman–Crippen LogP) is 12.7. The standard InChI is InChI=1S/C41H80O5/c1-3-5-7-9-11-13-15-17-19-20-21-22-24-25-27-29-31-33-35-40(43)45-38-39(37-42)46-41(44)36-34-32-30-28-26-23-18-16-14-12-10-8-6-4-2/h39,42H,3-38H2,1-2H3/t39-/m0/s1. The molecule has 0 radical (unpaired) electrons. The van der Waals surface area contributed by atoms with E-state index in [-0.39, 0.29) is 25.2 Å². The zero-order valence-corrected chi connectivity index (χ0v) is 31.1. The van der Waals surface area contributed by atoms with Gasteiger partial charge in [-0.05, 0) is 12.8 Å². The Morgan fingerprint density at radius 3 is 0.957 bits per heavy atom. The third kappa shape index (κ3) is 35.7. The molecule has 0 unspecified atom stereocenters. The molecule has 0 fully saturated rings. The summed E-state index contributed by atoms with van der Waals surface area (Å²) in [7, 11) is 0. The number of ether oxygens (including phenoxy) is 2. The lowest BCUT2D eigenvalue weighted by molar-refractivity contribution is -0.161. The first-order valence-electron chi connectivity index (χ1n) is 20.6. The maximum atomic E-state index is 12.2. The van der Waals surface area contributed by atoms with Gasteiger partial charge >= 0.3 is 11.9 Å². The topological polar surface area (TPSA) is 72.8 Å². The number of aliphatic hydroxyl groups excluding tert-OH is 1. The van der Waals surface area contributed by atoms with Crippen LogP contribution in [0, 0.1) is 0 Å². The number of rotatable bonds is 38. The smallest absolute Gasteiger partial charge is 0.306 e. The van der Waals surface area contributed by atoms with E-state index in [4.69, 9.17) is 9.47 Å². The van der Waals surface area contributed by atoms with E-state index < -0.39 is 6.10 Å². The van der Waals surface area contributed by atoms with E-state index in [0.717, 1.165) is 32.1 Å². The minimum Gasteiger partial charge on any atom is -0.462 e. The molecule has 5 nitrogen and oxygen atoms in total. The summed E-state index contributed by atoms with van der Waals surface area (Å²) < 4.78 is 10.6. The molecule has 0 saturated carbocycles. The van der Waals surface area contributed by atoms with Crippen molar-refractivity contribution in [3.8, 4) is 0 Å². The van der Waals surface area contributed by atoms with Crippen molar-refractivity contribution in [2.24, 2.45) is 0 Å². The number of esters is 2. The fraction of sp³-hybridized carbons (Fsp3) is 0.951. The number of carbonyl (C=O) groups excluding carboxylic acids is 2. The summed E-state index contributed by atoms with van der Waals surface area (Å²) in [5.41, 5.74) is 0. The molecule has 5 heteroatoms. The highest BCUT2D eigenvalue weighted by Gasteiger charge is 2.16. The molecule has 0 rings (SSSR count). The van der Waals surface area contributed by atoms with Crippen LogP contribution in [0.25, 0.3) is 0 Å². The van der Waals surface area contributed by atoms with Crippen molar-refractivity contribution >= 4 is 11.9 Å². The Bertz CT molecular complexity index is 622. The van der Waals surface area contributed by atoms with E-state index in [9.17, 15) is 14.7 Å². The van der Waals surface area contributed by atoms with E-state index in [1.54, 1.807) is 0 Å². The Labute approximate surface area is 287 Å². The van der Waals surface area contributed by atoms with Crippen LogP contribution in [-0.4, -0.2) is 36.4 Å². The average molecular weight is 653 g/mol. The molecular formula is C41H80O5. The third-order valence-electron chi connectivity index (χ3n) is 9.40. The molecule has 1 N–H and O–H groups in total. The number of aliphatic hydroxyl groups is 1. The van der Waals surface area contributed by atoms with E-state index in [1.165, 1.54) is 173 Å². The van der Waals surface area contributed by atoms with Gasteiger partial charge in [0.15, 0.2) is 6.10 Å². The lowest BCUT2D eigenvalue weighted by Crippen LogP contribution is -2.28. The maximum absolute atomic E-state index is 12.2. The van der Waals surface area contributed by atoms with Gasteiger partial charge in [-0.25, -0.2) is 0 Å². The molecule has 46 heavy (non-hydrogen) atoms. The lowest BCUT2D eigenvalue weighted by Gasteiger charge is -2.15. The molecule has 274 valence electrons. The average Bonchev–Trinajstić information content (AvgIpc) is 3.06. The first-order valence-corrected chi connectivity index (χ1v) is 20.6. The SMILES string of the molecule is CCCCCCCCCCCCCCCCCCCCC(=O)OC[C@H](CO)OC(=O)CCCCCCCCCCCCCCCC. The summed E-state index contributed by atoms with van der Waals surface area (Å²) in [4.78, 5) is 24.3. The lowest BCUT2D eigenvalue weighted by atomic mass is 10.0. The number of hydrogen-bond acceptors (Lipinski definition) is 5. The fourth-order valence-electron chi connectivity index (χ4n) is 6.26. The molecule has 0 amide bonds. The van der Waals surface area contributed by atoms with Crippen LogP contribution in [0.3, 0.4) is 0 Å². The van der Waals surface area contributed by atoms with Crippen molar-refractivity contribution in [2.45, 2.75) is 238 Å². The minimum absolute atomic E-state index is 0.0567. The molecule has 0 aliphatic carbocycles. The van der Waals surface area contributed by atoms with Crippen molar-refractivity contribution in [1.29, 1.82) is 0 Å². The van der Waals surface area contributed by atoms with Gasteiger partial charge in [-0.1, -0.05) is 206 Å². The number of carbonyl (C=O) groups is 2. The van der Waals surface area contributed by atoms with E-state index in [0.29, 0.717) is 12.8 Å². The molecule has 0 saturated heterocycles. The predicted molar refractivity (Wildman–Crippen MR) is 196 cm³/mol. The molecular weight excluding hydrogens is 572 g/mol. The van der Waals surface area contributed by atoms with Crippen LogP contribution < -0.4 is 0 Å². The number of hydrogen-bond donors (Lipinski definition) is 1. The summed E-state index contributed by atoms with van der Waals surface area (Å²) in [6.07, 6.45) is 41.6. The van der Waals surface area contributed by atoms with Gasteiger partial charge < -0.3 is 14.6 Å². The molecule has 0 aromatic carbocycles. The monoisotopic (exact) mass is 653 g/mol. The van der Waals surface area contributed by atoms with Crippen molar-refractivity contribution in [2.75, 3.05) is 13.2 Å². The van der Waals surface area contributed by atoms with Crippen LogP contribution in [-0.2, 0) is 19.1 Å². The summed E-state index contributed by atoms with van der Waals surface area (Å²) >= 11 is 0. The van der Waals surface area contributed by atoms with Gasteiger partial charge in [0, 0.05) is 12.8 Å². The van der Waals surface area contributed by atoms with E-state index in [1.807, 2.05) is 0 Å². The Morgan fingerprint density at radius 1 is 0.413 bits per heavy atom.